The van der Waals surface area contributed by atoms with Crippen molar-refractivity contribution in [2.24, 2.45) is 0 Å². The molecular weight excluding hydrogens is 406 g/mol. The lowest BCUT2D eigenvalue weighted by Crippen LogP contribution is -2.50. The van der Waals surface area contributed by atoms with Crippen molar-refractivity contribution in [1.82, 2.24) is 9.88 Å². The van der Waals surface area contributed by atoms with Gasteiger partial charge < -0.3 is 10.1 Å². The van der Waals surface area contributed by atoms with Crippen molar-refractivity contribution in [3.63, 3.8) is 0 Å². The lowest BCUT2D eigenvalue weighted by Gasteiger charge is -2.39. The number of rotatable bonds is 3. The summed E-state index contributed by atoms with van der Waals surface area (Å²) < 4.78 is 6.02. The molecule has 0 unspecified atom stereocenters. The number of hydrogen-bond donors (Lipinski definition) is 1. The third-order valence-electron chi connectivity index (χ3n) is 4.69. The van der Waals surface area contributed by atoms with Gasteiger partial charge in [0.05, 0.1) is 30.0 Å². The smallest absolute Gasteiger partial charge is 0.274 e. The number of nitrogens with zero attached hydrogens (tertiary/aromatic N) is 2. The van der Waals surface area contributed by atoms with E-state index in [0.717, 1.165) is 37.2 Å². The van der Waals surface area contributed by atoms with Crippen LogP contribution in [0.3, 0.4) is 0 Å². The van der Waals surface area contributed by atoms with Gasteiger partial charge in [0, 0.05) is 23.8 Å². The van der Waals surface area contributed by atoms with Crippen LogP contribution >= 0.6 is 27.5 Å². The highest BCUT2D eigenvalue weighted by molar-refractivity contribution is 9.10. The van der Waals surface area contributed by atoms with Crippen LogP contribution < -0.4 is 5.32 Å². The first-order valence-electron chi connectivity index (χ1n) is 8.17. The van der Waals surface area contributed by atoms with Crippen molar-refractivity contribution in [3.05, 3.63) is 56.8 Å². The summed E-state index contributed by atoms with van der Waals surface area (Å²) in [4.78, 5) is 19.3. The van der Waals surface area contributed by atoms with Gasteiger partial charge >= 0.3 is 0 Å². The Bertz CT molecular complexity index is 826. The maximum absolute atomic E-state index is 12.5. The third-order valence-corrected chi connectivity index (χ3v) is 5.99. The number of pyridine rings is 1. The van der Waals surface area contributed by atoms with Crippen LogP contribution in [0.1, 0.15) is 21.6 Å². The number of anilines is 1. The second kappa shape index (κ2) is 7.03. The fourth-order valence-corrected chi connectivity index (χ4v) is 3.66. The largest absolute Gasteiger partial charge is 0.378 e. The second-order valence-electron chi connectivity index (χ2n) is 6.31. The van der Waals surface area contributed by atoms with Gasteiger partial charge in [-0.2, -0.15) is 0 Å². The molecule has 0 saturated carbocycles. The molecule has 0 radical (unpaired) electrons. The molecule has 1 saturated heterocycles. The van der Waals surface area contributed by atoms with E-state index in [-0.39, 0.29) is 5.91 Å². The molecular formula is C18H17BrClN3O2. The Kier molecular flexibility index (Phi) is 4.78. The van der Waals surface area contributed by atoms with Crippen molar-refractivity contribution < 1.29 is 9.53 Å². The fraction of sp³-hybridized carbons (Fsp3) is 0.333. The van der Waals surface area contributed by atoms with Gasteiger partial charge in [-0.3, -0.25) is 14.7 Å². The van der Waals surface area contributed by atoms with E-state index in [1.165, 1.54) is 11.1 Å². The number of aromatic nitrogens is 1. The number of benzene rings is 1. The van der Waals surface area contributed by atoms with E-state index in [0.29, 0.717) is 22.4 Å². The molecule has 25 heavy (non-hydrogen) atoms. The Hall–Kier alpha value is -1.47. The van der Waals surface area contributed by atoms with Gasteiger partial charge in [0.1, 0.15) is 5.69 Å². The molecule has 5 nitrogen and oxygen atoms in total. The number of carbonyl (C=O) groups is 1. The number of amides is 1. The molecule has 4 rings (SSSR count). The average molecular weight is 423 g/mol. The Morgan fingerprint density at radius 2 is 2.20 bits per heavy atom. The van der Waals surface area contributed by atoms with Crippen LogP contribution in [0.2, 0.25) is 5.02 Å². The van der Waals surface area contributed by atoms with Crippen molar-refractivity contribution in [2.45, 2.75) is 19.0 Å². The van der Waals surface area contributed by atoms with Crippen molar-refractivity contribution >= 4 is 39.1 Å². The van der Waals surface area contributed by atoms with E-state index in [2.05, 4.69) is 31.1 Å². The van der Waals surface area contributed by atoms with Crippen molar-refractivity contribution in [3.8, 4) is 0 Å². The number of carbonyl (C=O) groups excluding carboxylic acids is 1. The van der Waals surface area contributed by atoms with Crippen LogP contribution in [-0.4, -0.2) is 41.6 Å². The molecule has 1 amide bonds. The van der Waals surface area contributed by atoms with Crippen molar-refractivity contribution in [1.29, 1.82) is 0 Å². The zero-order chi connectivity index (χ0) is 17.4. The second-order valence-corrected chi connectivity index (χ2v) is 7.54. The molecule has 1 aromatic carbocycles. The van der Waals surface area contributed by atoms with E-state index < -0.39 is 0 Å². The number of halogens is 2. The Balaban J connectivity index is 1.50. The van der Waals surface area contributed by atoms with Gasteiger partial charge in [-0.1, -0.05) is 17.7 Å². The molecule has 130 valence electrons. The Labute approximate surface area is 159 Å². The minimum absolute atomic E-state index is 0.252. The zero-order valence-electron chi connectivity index (χ0n) is 13.5. The molecule has 1 aromatic heterocycles. The fourth-order valence-electron chi connectivity index (χ4n) is 3.12. The minimum atomic E-state index is -0.252. The van der Waals surface area contributed by atoms with Gasteiger partial charge in [0.15, 0.2) is 0 Å². The van der Waals surface area contributed by atoms with E-state index in [1.807, 2.05) is 24.4 Å². The summed E-state index contributed by atoms with van der Waals surface area (Å²) in [6.07, 6.45) is 2.74. The molecule has 1 fully saturated rings. The summed E-state index contributed by atoms with van der Waals surface area (Å²) in [5.74, 6) is -0.252. The lowest BCUT2D eigenvalue weighted by atomic mass is 9.99. The highest BCUT2D eigenvalue weighted by atomic mass is 79.9. The van der Waals surface area contributed by atoms with Gasteiger partial charge in [0.25, 0.3) is 5.91 Å². The number of fused-ring (bicyclic) bond motifs is 1. The average Bonchev–Trinajstić information content (AvgIpc) is 2.57. The summed E-state index contributed by atoms with van der Waals surface area (Å²) in [6.45, 7) is 3.49. The van der Waals surface area contributed by atoms with Crippen LogP contribution in [-0.2, 0) is 17.7 Å². The first-order chi connectivity index (χ1) is 12.1. The molecule has 0 spiro atoms. The number of ether oxygens (including phenoxy) is 1. The summed E-state index contributed by atoms with van der Waals surface area (Å²) in [5, 5.41) is 3.31. The van der Waals surface area contributed by atoms with Gasteiger partial charge in [-0.25, -0.2) is 0 Å². The minimum Gasteiger partial charge on any atom is -0.378 e. The van der Waals surface area contributed by atoms with Crippen LogP contribution in [0.5, 0.6) is 0 Å². The highest BCUT2D eigenvalue weighted by Crippen LogP contribution is 2.30. The maximum Gasteiger partial charge on any atom is 0.274 e. The Morgan fingerprint density at radius 3 is 2.96 bits per heavy atom. The number of hydrogen-bond acceptors (Lipinski definition) is 4. The molecule has 1 N–H and O–H groups in total. The van der Waals surface area contributed by atoms with Crippen LogP contribution in [0, 0.1) is 0 Å². The SMILES string of the molecule is O=C(Nc1cccc(Br)c1Cl)c1cc2c(cn1)CN(C1COC1)CC2. The van der Waals surface area contributed by atoms with Crippen molar-refractivity contribution in [2.75, 3.05) is 25.1 Å². The molecule has 0 aliphatic carbocycles. The quantitative estimate of drug-likeness (QED) is 0.822. The molecule has 2 aliphatic rings. The third kappa shape index (κ3) is 3.44. The van der Waals surface area contributed by atoms with Gasteiger partial charge in [-0.15, -0.1) is 0 Å². The molecule has 0 atom stereocenters. The number of nitrogens with one attached hydrogen (secondary N) is 1. The van der Waals surface area contributed by atoms with E-state index in [9.17, 15) is 4.79 Å². The molecule has 3 heterocycles. The van der Waals surface area contributed by atoms with Crippen LogP contribution in [0.15, 0.2) is 34.9 Å². The van der Waals surface area contributed by atoms with Gasteiger partial charge in [-0.05, 0) is 51.7 Å². The summed E-state index contributed by atoms with van der Waals surface area (Å²) in [5.41, 5.74) is 3.36. The zero-order valence-corrected chi connectivity index (χ0v) is 15.8. The van der Waals surface area contributed by atoms with Crippen LogP contribution in [0.25, 0.3) is 0 Å². The monoisotopic (exact) mass is 421 g/mol. The topological polar surface area (TPSA) is 54.5 Å². The van der Waals surface area contributed by atoms with Gasteiger partial charge in [0.2, 0.25) is 0 Å². The Morgan fingerprint density at radius 1 is 1.36 bits per heavy atom. The summed E-state index contributed by atoms with van der Waals surface area (Å²) >= 11 is 9.56. The summed E-state index contributed by atoms with van der Waals surface area (Å²) in [7, 11) is 0. The molecule has 2 aliphatic heterocycles. The molecule has 2 aromatic rings. The highest BCUT2D eigenvalue weighted by Gasteiger charge is 2.29. The van der Waals surface area contributed by atoms with Crippen LogP contribution in [0.4, 0.5) is 5.69 Å². The maximum atomic E-state index is 12.5. The normalized spacial score (nSPS) is 17.7. The van der Waals surface area contributed by atoms with E-state index in [4.69, 9.17) is 16.3 Å². The lowest BCUT2D eigenvalue weighted by molar-refractivity contribution is -0.0695. The molecule has 0 bridgehead atoms. The first-order valence-corrected chi connectivity index (χ1v) is 9.34. The van der Waals surface area contributed by atoms with E-state index >= 15 is 0 Å². The first kappa shape index (κ1) is 17.0. The predicted molar refractivity (Wildman–Crippen MR) is 100 cm³/mol. The summed E-state index contributed by atoms with van der Waals surface area (Å²) in [6, 6.07) is 7.83. The molecule has 7 heteroatoms. The standard InChI is InChI=1S/C18H17BrClN3O2/c19-14-2-1-3-15(17(14)20)22-18(24)16-6-11-4-5-23(13-9-25-10-13)8-12(11)7-21-16/h1-3,6-7,13H,4-5,8-10H2,(H,22,24). The van der Waals surface area contributed by atoms with E-state index in [1.54, 1.807) is 6.07 Å². The predicted octanol–water partition coefficient (Wildman–Crippen LogP) is 3.51.